The maximum atomic E-state index is 5.45. The minimum Gasteiger partial charge on any atom is -0.359 e. The molecule has 2 rings (SSSR count). The number of aryl methyl sites for hydroxylation is 1. The predicted molar refractivity (Wildman–Crippen MR) is 50.5 cm³/mol. The van der Waals surface area contributed by atoms with Crippen LogP contribution in [0.4, 0.5) is 0 Å². The van der Waals surface area contributed by atoms with Crippen LogP contribution in [0.5, 0.6) is 0 Å². The fourth-order valence-corrected chi connectivity index (χ4v) is 1.27. The van der Waals surface area contributed by atoms with Crippen molar-refractivity contribution in [2.45, 2.75) is 20.0 Å². The molecule has 2 aromatic heterocycles. The molecule has 2 heterocycles. The van der Waals surface area contributed by atoms with Crippen LogP contribution in [0.2, 0.25) is 0 Å². The first-order valence-corrected chi connectivity index (χ1v) is 4.41. The topological polar surface area (TPSA) is 69.9 Å². The van der Waals surface area contributed by atoms with Crippen molar-refractivity contribution in [3.05, 3.63) is 35.7 Å². The summed E-state index contributed by atoms with van der Waals surface area (Å²) in [6, 6.07) is 1.90. The highest BCUT2D eigenvalue weighted by Crippen LogP contribution is 2.05. The lowest BCUT2D eigenvalue weighted by atomic mass is 10.4. The SMILES string of the molecule is Cc1cc(Cn2cnc(CN)c2)on1. The second-order valence-corrected chi connectivity index (χ2v) is 3.18. The second-order valence-electron chi connectivity index (χ2n) is 3.18. The largest absolute Gasteiger partial charge is 0.359 e. The van der Waals surface area contributed by atoms with Crippen LogP contribution in [0.1, 0.15) is 17.1 Å². The zero-order valence-electron chi connectivity index (χ0n) is 7.97. The van der Waals surface area contributed by atoms with Crippen LogP contribution in [0.3, 0.4) is 0 Å². The highest BCUT2D eigenvalue weighted by molar-refractivity contribution is 5.05. The van der Waals surface area contributed by atoms with E-state index in [-0.39, 0.29) is 0 Å². The number of nitrogens with zero attached hydrogens (tertiary/aromatic N) is 3. The van der Waals surface area contributed by atoms with E-state index >= 15 is 0 Å². The fraction of sp³-hybridized carbons (Fsp3) is 0.333. The van der Waals surface area contributed by atoms with E-state index in [1.165, 1.54) is 0 Å². The second kappa shape index (κ2) is 3.63. The number of hydrogen-bond donors (Lipinski definition) is 1. The smallest absolute Gasteiger partial charge is 0.156 e. The van der Waals surface area contributed by atoms with Crippen molar-refractivity contribution in [3.8, 4) is 0 Å². The standard InChI is InChI=1S/C9H12N4O/c1-7-2-9(14-12-7)5-13-4-8(3-10)11-6-13/h2,4,6H,3,5,10H2,1H3. The number of hydrogen-bond acceptors (Lipinski definition) is 4. The molecule has 0 amide bonds. The van der Waals surface area contributed by atoms with Crippen LogP contribution in [0.15, 0.2) is 23.1 Å². The van der Waals surface area contributed by atoms with Crippen molar-refractivity contribution < 1.29 is 4.52 Å². The van der Waals surface area contributed by atoms with E-state index < -0.39 is 0 Å². The molecule has 0 bridgehead atoms. The first-order valence-electron chi connectivity index (χ1n) is 4.41. The van der Waals surface area contributed by atoms with Crippen LogP contribution < -0.4 is 5.73 Å². The summed E-state index contributed by atoms with van der Waals surface area (Å²) in [5.74, 6) is 0.823. The van der Waals surface area contributed by atoms with E-state index in [1.54, 1.807) is 6.33 Å². The predicted octanol–water partition coefficient (Wildman–Crippen LogP) is 0.687. The molecule has 0 aromatic carbocycles. The van der Waals surface area contributed by atoms with Crippen LogP contribution in [0.25, 0.3) is 0 Å². The summed E-state index contributed by atoms with van der Waals surface area (Å²) in [6.07, 6.45) is 3.64. The molecule has 0 radical (unpaired) electrons. The lowest BCUT2D eigenvalue weighted by Crippen LogP contribution is -1.97. The number of nitrogens with two attached hydrogens (primary N) is 1. The molecule has 0 aliphatic rings. The highest BCUT2D eigenvalue weighted by Gasteiger charge is 2.02. The number of rotatable bonds is 3. The molecule has 0 saturated heterocycles. The van der Waals surface area contributed by atoms with Crippen LogP contribution in [-0.4, -0.2) is 14.7 Å². The molecule has 0 aliphatic heterocycles. The quantitative estimate of drug-likeness (QED) is 0.776. The summed E-state index contributed by atoms with van der Waals surface area (Å²) < 4.78 is 7.00. The van der Waals surface area contributed by atoms with Gasteiger partial charge in [0.05, 0.1) is 24.3 Å². The average molecular weight is 192 g/mol. The van der Waals surface area contributed by atoms with Gasteiger partial charge in [0.1, 0.15) is 0 Å². The fourth-order valence-electron chi connectivity index (χ4n) is 1.27. The van der Waals surface area contributed by atoms with Crippen molar-refractivity contribution in [1.82, 2.24) is 14.7 Å². The summed E-state index contributed by atoms with van der Waals surface area (Å²) in [5.41, 5.74) is 7.21. The zero-order chi connectivity index (χ0) is 9.97. The number of aromatic nitrogens is 3. The van der Waals surface area contributed by atoms with Gasteiger partial charge in [-0.25, -0.2) is 4.98 Å². The van der Waals surface area contributed by atoms with Gasteiger partial charge in [-0.1, -0.05) is 5.16 Å². The Balaban J connectivity index is 2.10. The molecule has 0 spiro atoms. The lowest BCUT2D eigenvalue weighted by Gasteiger charge is -1.95. The maximum absolute atomic E-state index is 5.45. The van der Waals surface area contributed by atoms with Gasteiger partial charge in [-0.15, -0.1) is 0 Å². The van der Waals surface area contributed by atoms with Gasteiger partial charge in [-0.05, 0) is 6.92 Å². The Morgan fingerprint density at radius 2 is 2.43 bits per heavy atom. The van der Waals surface area contributed by atoms with Gasteiger partial charge in [0.15, 0.2) is 5.76 Å². The van der Waals surface area contributed by atoms with Crippen molar-refractivity contribution >= 4 is 0 Å². The average Bonchev–Trinajstić information content (AvgIpc) is 2.76. The molecule has 5 nitrogen and oxygen atoms in total. The van der Waals surface area contributed by atoms with E-state index in [9.17, 15) is 0 Å². The molecule has 0 fully saturated rings. The Bertz CT molecular complexity index is 418. The van der Waals surface area contributed by atoms with E-state index in [1.807, 2.05) is 23.8 Å². The van der Waals surface area contributed by atoms with Gasteiger partial charge >= 0.3 is 0 Å². The molecule has 0 saturated carbocycles. The molecule has 2 N–H and O–H groups in total. The number of imidazole rings is 1. The van der Waals surface area contributed by atoms with Crippen molar-refractivity contribution in [3.63, 3.8) is 0 Å². The normalized spacial score (nSPS) is 10.7. The zero-order valence-corrected chi connectivity index (χ0v) is 7.97. The maximum Gasteiger partial charge on any atom is 0.156 e. The van der Waals surface area contributed by atoms with Gasteiger partial charge in [-0.2, -0.15) is 0 Å². The molecule has 0 unspecified atom stereocenters. The van der Waals surface area contributed by atoms with Crippen LogP contribution >= 0.6 is 0 Å². The third-order valence-electron chi connectivity index (χ3n) is 1.91. The summed E-state index contributed by atoms with van der Waals surface area (Å²) in [6.45, 7) is 3.00. The Labute approximate surface area is 81.5 Å². The summed E-state index contributed by atoms with van der Waals surface area (Å²) >= 11 is 0. The van der Waals surface area contributed by atoms with E-state index in [0.717, 1.165) is 17.1 Å². The van der Waals surface area contributed by atoms with Gasteiger partial charge in [-0.3, -0.25) is 0 Å². The Morgan fingerprint density at radius 3 is 3.00 bits per heavy atom. The van der Waals surface area contributed by atoms with Gasteiger partial charge in [0, 0.05) is 18.8 Å². The minimum absolute atomic E-state index is 0.461. The first-order chi connectivity index (χ1) is 6.78. The molecule has 14 heavy (non-hydrogen) atoms. The molecular weight excluding hydrogens is 180 g/mol. The molecule has 0 atom stereocenters. The van der Waals surface area contributed by atoms with Crippen LogP contribution in [-0.2, 0) is 13.1 Å². The van der Waals surface area contributed by atoms with E-state index in [2.05, 4.69) is 10.1 Å². The van der Waals surface area contributed by atoms with Crippen molar-refractivity contribution in [1.29, 1.82) is 0 Å². The monoisotopic (exact) mass is 192 g/mol. The third-order valence-corrected chi connectivity index (χ3v) is 1.91. The first kappa shape index (κ1) is 8.96. The molecule has 5 heteroatoms. The summed E-state index contributed by atoms with van der Waals surface area (Å²) in [4.78, 5) is 4.11. The molecular formula is C9H12N4O. The van der Waals surface area contributed by atoms with Gasteiger partial charge < -0.3 is 14.8 Å². The molecule has 74 valence electrons. The van der Waals surface area contributed by atoms with Crippen molar-refractivity contribution in [2.75, 3.05) is 0 Å². The molecule has 0 aliphatic carbocycles. The van der Waals surface area contributed by atoms with E-state index in [0.29, 0.717) is 13.1 Å². The van der Waals surface area contributed by atoms with Crippen LogP contribution in [0, 0.1) is 6.92 Å². The van der Waals surface area contributed by atoms with Crippen molar-refractivity contribution in [2.24, 2.45) is 5.73 Å². The highest BCUT2D eigenvalue weighted by atomic mass is 16.5. The molecule has 2 aromatic rings. The Hall–Kier alpha value is -1.62. The van der Waals surface area contributed by atoms with E-state index in [4.69, 9.17) is 10.3 Å². The summed E-state index contributed by atoms with van der Waals surface area (Å²) in [7, 11) is 0. The Kier molecular flexibility index (Phi) is 2.32. The summed E-state index contributed by atoms with van der Waals surface area (Å²) in [5, 5.41) is 3.81. The third kappa shape index (κ3) is 1.82. The lowest BCUT2D eigenvalue weighted by molar-refractivity contribution is 0.373. The van der Waals surface area contributed by atoms with Gasteiger partial charge in [0.25, 0.3) is 0 Å². The Morgan fingerprint density at radius 1 is 1.57 bits per heavy atom. The minimum atomic E-state index is 0.461. The van der Waals surface area contributed by atoms with Gasteiger partial charge in [0.2, 0.25) is 0 Å².